The van der Waals surface area contributed by atoms with E-state index in [4.69, 9.17) is 0 Å². The molecule has 0 aromatic heterocycles. The molecule has 41 heavy (non-hydrogen) atoms. The number of aliphatic hydroxyl groups is 5. The van der Waals surface area contributed by atoms with Crippen LogP contribution in [0.25, 0.3) is 11.5 Å². The van der Waals surface area contributed by atoms with Crippen molar-refractivity contribution < 1.29 is 54.9 Å². The third-order valence-corrected chi connectivity index (χ3v) is 10.5. The van der Waals surface area contributed by atoms with Crippen LogP contribution in [0.2, 0.25) is 0 Å². The molecule has 4 bridgehead atoms. The van der Waals surface area contributed by atoms with Gasteiger partial charge < -0.3 is 35.7 Å². The summed E-state index contributed by atoms with van der Waals surface area (Å²) in [6.45, 7) is 0.981. The molecule has 2 aromatic carbocycles. The third kappa shape index (κ3) is 2.14. The van der Waals surface area contributed by atoms with E-state index in [2.05, 4.69) is 0 Å². The standard InChI is InChI=1S/C30H22O11/c1-7-2-9-13(11(32)3-7)21(34)17-25(38)20-23(36)15-16-24(37)19(29(15,17)27(9)40)26(39)18-22(35)14-10(28(41)30(16,18)20)4-8(6-31)5-12(14)33/h2-5,15-16,19-20,23-24,31-37H,6H2,1H3/t15-,16-,19+,20+,23-,24-,29+,30+/m0/s1. The molecule has 11 nitrogen and oxygen atoms in total. The Labute approximate surface area is 230 Å². The molecule has 11 heteroatoms. The summed E-state index contributed by atoms with van der Waals surface area (Å²) in [5, 5.41) is 77.6. The molecule has 0 aliphatic heterocycles. The van der Waals surface area contributed by atoms with E-state index in [1.54, 1.807) is 6.92 Å². The molecule has 0 unspecified atom stereocenters. The summed E-state index contributed by atoms with van der Waals surface area (Å²) >= 11 is 0. The quantitative estimate of drug-likeness (QED) is 0.261. The van der Waals surface area contributed by atoms with Crippen LogP contribution >= 0.6 is 0 Å². The zero-order valence-corrected chi connectivity index (χ0v) is 21.2. The molecule has 6 aliphatic rings. The van der Waals surface area contributed by atoms with Gasteiger partial charge in [-0.25, -0.2) is 0 Å². The monoisotopic (exact) mass is 558 g/mol. The van der Waals surface area contributed by atoms with Crippen molar-refractivity contribution in [1.82, 2.24) is 0 Å². The summed E-state index contributed by atoms with van der Waals surface area (Å²) in [7, 11) is 0. The Morgan fingerprint density at radius 2 is 1.12 bits per heavy atom. The number of carbonyl (C=O) groups excluding carboxylic acids is 4. The Morgan fingerprint density at radius 1 is 0.683 bits per heavy atom. The predicted molar refractivity (Wildman–Crippen MR) is 135 cm³/mol. The van der Waals surface area contributed by atoms with Crippen LogP contribution < -0.4 is 0 Å². The fraction of sp³-hybridized carbons (Fsp3) is 0.333. The van der Waals surface area contributed by atoms with E-state index in [-0.39, 0.29) is 22.3 Å². The topological polar surface area (TPSA) is 210 Å². The molecular weight excluding hydrogens is 536 g/mol. The zero-order chi connectivity index (χ0) is 29.2. The first-order valence-corrected chi connectivity index (χ1v) is 13.1. The van der Waals surface area contributed by atoms with E-state index in [0.717, 1.165) is 6.07 Å². The van der Waals surface area contributed by atoms with Crippen molar-refractivity contribution in [2.24, 2.45) is 34.5 Å². The number of aryl methyl sites for hydroxylation is 1. The van der Waals surface area contributed by atoms with Crippen molar-refractivity contribution in [2.45, 2.75) is 25.7 Å². The number of carbonyl (C=O) groups is 4. The van der Waals surface area contributed by atoms with Crippen LogP contribution in [-0.2, 0) is 16.2 Å². The van der Waals surface area contributed by atoms with Crippen molar-refractivity contribution >= 4 is 34.7 Å². The number of rotatable bonds is 1. The number of hydrogen-bond acceptors (Lipinski definition) is 11. The van der Waals surface area contributed by atoms with Gasteiger partial charge in [0.25, 0.3) is 0 Å². The first-order chi connectivity index (χ1) is 19.4. The van der Waals surface area contributed by atoms with Gasteiger partial charge in [-0.1, -0.05) is 0 Å². The molecular formula is C30H22O11. The lowest BCUT2D eigenvalue weighted by molar-refractivity contribution is -0.142. The minimum atomic E-state index is -2.33. The van der Waals surface area contributed by atoms with Gasteiger partial charge in [-0.3, -0.25) is 19.2 Å². The van der Waals surface area contributed by atoms with Crippen molar-refractivity contribution in [3.05, 3.63) is 68.8 Å². The van der Waals surface area contributed by atoms with Gasteiger partial charge in [-0.2, -0.15) is 0 Å². The van der Waals surface area contributed by atoms with Gasteiger partial charge >= 0.3 is 0 Å². The van der Waals surface area contributed by atoms with Gasteiger partial charge in [0.1, 0.15) is 23.0 Å². The highest BCUT2D eigenvalue weighted by molar-refractivity contribution is 6.30. The average Bonchev–Trinajstić information content (AvgIpc) is 3.26. The summed E-state index contributed by atoms with van der Waals surface area (Å²) in [5.74, 6) is -12.9. The highest BCUT2D eigenvalue weighted by Gasteiger charge is 2.89. The maximum Gasteiger partial charge on any atom is 0.175 e. The van der Waals surface area contributed by atoms with Crippen LogP contribution in [0, 0.1) is 41.4 Å². The molecule has 0 heterocycles. The molecule has 208 valence electrons. The second-order valence-electron chi connectivity index (χ2n) is 12.0. The van der Waals surface area contributed by atoms with Gasteiger partial charge in [-0.15, -0.1) is 0 Å². The average molecular weight is 558 g/mol. The van der Waals surface area contributed by atoms with E-state index in [1.807, 2.05) is 0 Å². The van der Waals surface area contributed by atoms with Crippen LogP contribution in [-0.4, -0.2) is 71.1 Å². The SMILES string of the molecule is Cc1cc(O)c2c(c1)C(=O)[C@@]13C(=C2O)C(=O)[C@H]2[C@@H](O)[C@@H]1[C@H]1[C@H](O)[C@@H]3C(=O)C3=C(O)c4c(O)cc(CO)cc4C(=O)[C@@]312. The molecule has 4 saturated carbocycles. The molecule has 0 amide bonds. The van der Waals surface area contributed by atoms with Crippen LogP contribution in [0.4, 0.5) is 0 Å². The van der Waals surface area contributed by atoms with E-state index in [1.165, 1.54) is 18.2 Å². The summed E-state index contributed by atoms with van der Waals surface area (Å²) in [6, 6.07) is 4.95. The Bertz CT molecular complexity index is 1830. The largest absolute Gasteiger partial charge is 0.507 e. The second kappa shape index (κ2) is 6.93. The number of hydrogen-bond donors (Lipinski definition) is 7. The number of aromatic hydroxyl groups is 2. The fourth-order valence-electron chi connectivity index (χ4n) is 9.52. The van der Waals surface area contributed by atoms with Crippen LogP contribution in [0.1, 0.15) is 43.0 Å². The van der Waals surface area contributed by atoms with E-state index in [0.29, 0.717) is 5.56 Å². The summed E-state index contributed by atoms with van der Waals surface area (Å²) < 4.78 is 0. The molecule has 8 atom stereocenters. The van der Waals surface area contributed by atoms with Crippen LogP contribution in [0.15, 0.2) is 35.4 Å². The Balaban J connectivity index is 1.54. The summed E-state index contributed by atoms with van der Waals surface area (Å²) in [4.78, 5) is 57.9. The number of aliphatic hydroxyl groups excluding tert-OH is 5. The number of ketones is 4. The second-order valence-corrected chi connectivity index (χ2v) is 12.0. The number of fused-ring (bicyclic) bond motifs is 4. The Kier molecular flexibility index (Phi) is 4.14. The van der Waals surface area contributed by atoms with Crippen LogP contribution in [0.3, 0.4) is 0 Å². The fourth-order valence-corrected chi connectivity index (χ4v) is 9.52. The van der Waals surface area contributed by atoms with Gasteiger partial charge in [-0.05, 0) is 42.3 Å². The smallest absolute Gasteiger partial charge is 0.175 e. The van der Waals surface area contributed by atoms with Crippen LogP contribution in [0.5, 0.6) is 11.5 Å². The number of Topliss-reactive ketones (excluding diaryl/α,β-unsaturated/α-hetero) is 4. The lowest BCUT2D eigenvalue weighted by Crippen LogP contribution is -2.65. The minimum Gasteiger partial charge on any atom is -0.507 e. The highest BCUT2D eigenvalue weighted by Crippen LogP contribution is 2.80. The van der Waals surface area contributed by atoms with Gasteiger partial charge in [0, 0.05) is 23.0 Å². The molecule has 2 spiro atoms. The molecule has 4 fully saturated rings. The first kappa shape index (κ1) is 24.5. The lowest BCUT2D eigenvalue weighted by atomic mass is 9.46. The molecule has 6 aliphatic carbocycles. The third-order valence-electron chi connectivity index (χ3n) is 10.5. The molecule has 7 N–H and O–H groups in total. The number of allylic oxidation sites excluding steroid dienone is 2. The van der Waals surface area contributed by atoms with Crippen molar-refractivity contribution in [3.63, 3.8) is 0 Å². The number of phenols is 2. The Hall–Kier alpha value is -4.32. The van der Waals surface area contributed by atoms with Gasteiger partial charge in [0.15, 0.2) is 23.1 Å². The van der Waals surface area contributed by atoms with Crippen molar-refractivity contribution in [3.8, 4) is 11.5 Å². The summed E-state index contributed by atoms with van der Waals surface area (Å²) in [5.41, 5.74) is -6.47. The normalized spacial score (nSPS) is 37.5. The highest BCUT2D eigenvalue weighted by atomic mass is 16.3. The van der Waals surface area contributed by atoms with Gasteiger partial charge in [0.05, 0.1) is 63.8 Å². The molecule has 2 aromatic rings. The van der Waals surface area contributed by atoms with Crippen molar-refractivity contribution in [2.75, 3.05) is 0 Å². The van der Waals surface area contributed by atoms with Crippen molar-refractivity contribution in [1.29, 1.82) is 0 Å². The Morgan fingerprint density at radius 3 is 1.59 bits per heavy atom. The molecule has 0 saturated heterocycles. The van der Waals surface area contributed by atoms with E-state index < -0.39 is 116 Å². The minimum absolute atomic E-state index is 0.0871. The maximum absolute atomic E-state index is 14.6. The van der Waals surface area contributed by atoms with Gasteiger partial charge in [0.2, 0.25) is 0 Å². The molecule has 0 radical (unpaired) electrons. The molecule has 8 rings (SSSR count). The zero-order valence-electron chi connectivity index (χ0n) is 21.2. The van der Waals surface area contributed by atoms with E-state index >= 15 is 0 Å². The summed E-state index contributed by atoms with van der Waals surface area (Å²) in [6.07, 6.45) is -3.47. The maximum atomic E-state index is 14.6. The number of phenolic OH excluding ortho intramolecular Hbond substituents is 2. The first-order valence-electron chi connectivity index (χ1n) is 13.1. The predicted octanol–water partition coefficient (Wildman–Crippen LogP) is 0.882. The lowest BCUT2D eigenvalue weighted by Gasteiger charge is -2.53. The van der Waals surface area contributed by atoms with E-state index in [9.17, 15) is 54.9 Å². The number of benzene rings is 2.